The van der Waals surface area contributed by atoms with Crippen molar-refractivity contribution in [3.05, 3.63) is 0 Å². The molecule has 0 N–H and O–H groups in total. The minimum absolute atomic E-state index is 0.595. The van der Waals surface area contributed by atoms with E-state index in [1.165, 1.54) is 45.4 Å². The van der Waals surface area contributed by atoms with Crippen LogP contribution in [0.1, 0.15) is 47.0 Å². The Bertz CT molecular complexity index is 231. The lowest BCUT2D eigenvalue weighted by atomic mass is 10.1. The van der Waals surface area contributed by atoms with E-state index in [0.717, 1.165) is 12.0 Å². The summed E-state index contributed by atoms with van der Waals surface area (Å²) in [6.45, 7) is 14.6. The summed E-state index contributed by atoms with van der Waals surface area (Å²) < 4.78 is 0. The Morgan fingerprint density at radius 3 is 2.25 bits per heavy atom. The normalized spacial score (nSPS) is 25.9. The van der Waals surface area contributed by atoms with Gasteiger partial charge >= 0.3 is 0 Å². The third-order valence-electron chi connectivity index (χ3n) is 4.36. The Hall–Kier alpha value is -0.0800. The molecule has 1 aliphatic carbocycles. The van der Waals surface area contributed by atoms with Crippen molar-refractivity contribution in [3.8, 4) is 0 Å². The van der Waals surface area contributed by atoms with E-state index in [1.54, 1.807) is 0 Å². The van der Waals surface area contributed by atoms with Crippen LogP contribution in [0.5, 0.6) is 0 Å². The number of rotatable bonds is 4. The molecular weight excluding hydrogens is 196 g/mol. The van der Waals surface area contributed by atoms with Gasteiger partial charge in [0.2, 0.25) is 0 Å². The van der Waals surface area contributed by atoms with Crippen molar-refractivity contribution in [3.63, 3.8) is 0 Å². The molecule has 1 saturated heterocycles. The predicted molar refractivity (Wildman–Crippen MR) is 69.7 cm³/mol. The third kappa shape index (κ3) is 2.60. The van der Waals surface area contributed by atoms with Crippen LogP contribution in [0.3, 0.4) is 0 Å². The first-order chi connectivity index (χ1) is 7.53. The SMILES string of the molecule is CC(C)CCN1CCN(C(C)C)CC12CC2. The highest BCUT2D eigenvalue weighted by atomic mass is 15.3. The van der Waals surface area contributed by atoms with Gasteiger partial charge in [0.15, 0.2) is 0 Å². The van der Waals surface area contributed by atoms with Crippen LogP contribution in [0.15, 0.2) is 0 Å². The van der Waals surface area contributed by atoms with Gasteiger partial charge < -0.3 is 0 Å². The summed E-state index contributed by atoms with van der Waals surface area (Å²) in [6, 6.07) is 0.727. The first-order valence-corrected chi connectivity index (χ1v) is 7.03. The maximum atomic E-state index is 2.78. The molecule has 2 rings (SSSR count). The van der Waals surface area contributed by atoms with Gasteiger partial charge in [-0.15, -0.1) is 0 Å². The van der Waals surface area contributed by atoms with Crippen LogP contribution in [0, 0.1) is 5.92 Å². The van der Waals surface area contributed by atoms with E-state index in [0.29, 0.717) is 5.54 Å². The summed E-state index contributed by atoms with van der Waals surface area (Å²) in [5.41, 5.74) is 0.595. The van der Waals surface area contributed by atoms with Crippen LogP contribution in [0.2, 0.25) is 0 Å². The van der Waals surface area contributed by atoms with Gasteiger partial charge in [-0.2, -0.15) is 0 Å². The fourth-order valence-electron chi connectivity index (χ4n) is 2.87. The van der Waals surface area contributed by atoms with Crippen molar-refractivity contribution in [2.24, 2.45) is 5.92 Å². The van der Waals surface area contributed by atoms with Crippen LogP contribution in [-0.4, -0.2) is 47.6 Å². The molecule has 0 aromatic rings. The largest absolute Gasteiger partial charge is 0.298 e. The Morgan fingerprint density at radius 1 is 1.06 bits per heavy atom. The second-order valence-corrected chi connectivity index (χ2v) is 6.46. The lowest BCUT2D eigenvalue weighted by molar-refractivity contribution is 0.0396. The monoisotopic (exact) mass is 224 g/mol. The average molecular weight is 224 g/mol. The number of hydrogen-bond donors (Lipinski definition) is 0. The molecule has 0 atom stereocenters. The molecule has 1 aliphatic heterocycles. The van der Waals surface area contributed by atoms with Crippen molar-refractivity contribution in [2.75, 3.05) is 26.2 Å². The van der Waals surface area contributed by atoms with E-state index in [2.05, 4.69) is 37.5 Å². The smallest absolute Gasteiger partial charge is 0.0338 e. The van der Waals surface area contributed by atoms with Gasteiger partial charge in [-0.1, -0.05) is 13.8 Å². The Labute approximate surface area is 101 Å². The molecule has 2 nitrogen and oxygen atoms in total. The molecule has 0 aromatic carbocycles. The summed E-state index contributed by atoms with van der Waals surface area (Å²) in [7, 11) is 0. The zero-order chi connectivity index (χ0) is 11.8. The second kappa shape index (κ2) is 4.66. The molecular formula is C14H28N2. The summed E-state index contributed by atoms with van der Waals surface area (Å²) in [4.78, 5) is 5.45. The van der Waals surface area contributed by atoms with Crippen molar-refractivity contribution in [1.29, 1.82) is 0 Å². The van der Waals surface area contributed by atoms with Crippen LogP contribution < -0.4 is 0 Å². The topological polar surface area (TPSA) is 6.48 Å². The van der Waals surface area contributed by atoms with Crippen molar-refractivity contribution >= 4 is 0 Å². The van der Waals surface area contributed by atoms with Crippen molar-refractivity contribution in [2.45, 2.75) is 58.5 Å². The fourth-order valence-corrected chi connectivity index (χ4v) is 2.87. The molecule has 0 unspecified atom stereocenters. The van der Waals surface area contributed by atoms with Gasteiger partial charge in [0.1, 0.15) is 0 Å². The average Bonchev–Trinajstić information content (AvgIpc) is 2.96. The van der Waals surface area contributed by atoms with Crippen LogP contribution in [-0.2, 0) is 0 Å². The van der Waals surface area contributed by atoms with E-state index >= 15 is 0 Å². The molecule has 1 heterocycles. The van der Waals surface area contributed by atoms with Gasteiger partial charge in [-0.25, -0.2) is 0 Å². The molecule has 1 saturated carbocycles. The van der Waals surface area contributed by atoms with E-state index in [4.69, 9.17) is 0 Å². The second-order valence-electron chi connectivity index (χ2n) is 6.46. The first kappa shape index (κ1) is 12.4. The van der Waals surface area contributed by atoms with Gasteiger partial charge in [-0.05, 0) is 45.6 Å². The van der Waals surface area contributed by atoms with Crippen LogP contribution in [0.4, 0.5) is 0 Å². The minimum Gasteiger partial charge on any atom is -0.298 e. The molecule has 16 heavy (non-hydrogen) atoms. The lowest BCUT2D eigenvalue weighted by Gasteiger charge is -2.44. The Kier molecular flexibility index (Phi) is 3.60. The first-order valence-electron chi connectivity index (χ1n) is 7.03. The molecule has 2 heteroatoms. The molecule has 0 aromatic heterocycles. The highest BCUT2D eigenvalue weighted by molar-refractivity contribution is 5.08. The maximum Gasteiger partial charge on any atom is 0.0338 e. The summed E-state index contributed by atoms with van der Waals surface area (Å²) in [6.07, 6.45) is 4.24. The van der Waals surface area contributed by atoms with Gasteiger partial charge in [0.05, 0.1) is 0 Å². The summed E-state index contributed by atoms with van der Waals surface area (Å²) in [5.74, 6) is 0.846. The summed E-state index contributed by atoms with van der Waals surface area (Å²) in [5, 5.41) is 0. The Morgan fingerprint density at radius 2 is 1.75 bits per heavy atom. The zero-order valence-corrected chi connectivity index (χ0v) is 11.5. The molecule has 94 valence electrons. The van der Waals surface area contributed by atoms with Crippen molar-refractivity contribution < 1.29 is 0 Å². The zero-order valence-electron chi connectivity index (χ0n) is 11.5. The highest BCUT2D eigenvalue weighted by Gasteiger charge is 2.50. The number of piperazine rings is 1. The number of hydrogen-bond acceptors (Lipinski definition) is 2. The third-order valence-corrected chi connectivity index (χ3v) is 4.36. The Balaban J connectivity index is 1.88. The molecule has 0 bridgehead atoms. The maximum absolute atomic E-state index is 2.78. The van der Waals surface area contributed by atoms with E-state index in [9.17, 15) is 0 Å². The highest BCUT2D eigenvalue weighted by Crippen LogP contribution is 2.44. The molecule has 0 radical (unpaired) electrons. The van der Waals surface area contributed by atoms with E-state index < -0.39 is 0 Å². The van der Waals surface area contributed by atoms with Gasteiger partial charge in [0, 0.05) is 31.2 Å². The van der Waals surface area contributed by atoms with E-state index in [-0.39, 0.29) is 0 Å². The van der Waals surface area contributed by atoms with E-state index in [1.807, 2.05) is 0 Å². The number of nitrogens with zero attached hydrogens (tertiary/aromatic N) is 2. The quantitative estimate of drug-likeness (QED) is 0.724. The standard InChI is InChI=1S/C14H28N2/c1-12(2)5-8-16-10-9-15(13(3)4)11-14(16)6-7-14/h12-13H,5-11H2,1-4H3. The van der Waals surface area contributed by atoms with Gasteiger partial charge in [-0.3, -0.25) is 9.80 Å². The van der Waals surface area contributed by atoms with Crippen LogP contribution >= 0.6 is 0 Å². The molecule has 0 amide bonds. The molecule has 2 fully saturated rings. The van der Waals surface area contributed by atoms with Crippen LogP contribution in [0.25, 0.3) is 0 Å². The minimum atomic E-state index is 0.595. The van der Waals surface area contributed by atoms with Gasteiger partial charge in [0.25, 0.3) is 0 Å². The molecule has 2 aliphatic rings. The predicted octanol–water partition coefficient (Wildman–Crippen LogP) is 2.59. The fraction of sp³-hybridized carbons (Fsp3) is 1.00. The molecule has 1 spiro atoms. The summed E-state index contributed by atoms with van der Waals surface area (Å²) >= 11 is 0. The van der Waals surface area contributed by atoms with Crippen molar-refractivity contribution in [1.82, 2.24) is 9.80 Å². The lowest BCUT2D eigenvalue weighted by Crippen LogP contribution is -2.56.